The number of nitrogens with one attached hydrogen (secondary N) is 1. The van der Waals surface area contributed by atoms with Gasteiger partial charge in [-0.15, -0.1) is 0 Å². The summed E-state index contributed by atoms with van der Waals surface area (Å²) < 4.78 is 5.05. The minimum absolute atomic E-state index is 0.413. The predicted octanol–water partition coefficient (Wildman–Crippen LogP) is 0.579. The van der Waals surface area contributed by atoms with Gasteiger partial charge in [-0.3, -0.25) is 4.79 Å². The molecular weight excluding hydrogens is 198 g/mol. The lowest BCUT2D eigenvalue weighted by molar-refractivity contribution is -0.131. The van der Waals surface area contributed by atoms with E-state index >= 15 is 0 Å². The van der Waals surface area contributed by atoms with Crippen molar-refractivity contribution in [3.05, 3.63) is 36.3 Å². The number of furan rings is 1. The zero-order chi connectivity index (χ0) is 11.1. The molecule has 0 saturated heterocycles. The molecular formula is C10H11NO4. The molecule has 0 radical (unpaired) electrons. The molecule has 0 aromatic carbocycles. The van der Waals surface area contributed by atoms with E-state index in [9.17, 15) is 9.59 Å². The molecule has 1 aromatic heterocycles. The molecule has 0 aliphatic heterocycles. The standard InChI is InChI=1S/C10H11NO4/c12-9(3-4-10(13)14)11-6-5-8-2-1-7-15-8/h1-4,7H,5-6H2,(H,11,12)(H,13,14). The predicted molar refractivity (Wildman–Crippen MR) is 52.2 cm³/mol. The molecule has 0 fully saturated rings. The van der Waals surface area contributed by atoms with Crippen molar-refractivity contribution >= 4 is 11.9 Å². The van der Waals surface area contributed by atoms with Gasteiger partial charge >= 0.3 is 5.97 Å². The van der Waals surface area contributed by atoms with Crippen LogP contribution in [0.15, 0.2) is 35.0 Å². The molecule has 0 unspecified atom stereocenters. The van der Waals surface area contributed by atoms with Crippen molar-refractivity contribution in [2.45, 2.75) is 6.42 Å². The van der Waals surface area contributed by atoms with Gasteiger partial charge in [0, 0.05) is 25.1 Å². The normalized spacial score (nSPS) is 10.4. The van der Waals surface area contributed by atoms with Crippen LogP contribution in [0.2, 0.25) is 0 Å². The molecule has 0 atom stereocenters. The average Bonchev–Trinajstić information content (AvgIpc) is 2.67. The van der Waals surface area contributed by atoms with Gasteiger partial charge in [0.15, 0.2) is 0 Å². The van der Waals surface area contributed by atoms with E-state index < -0.39 is 11.9 Å². The summed E-state index contributed by atoms with van der Waals surface area (Å²) in [5.41, 5.74) is 0. The third-order valence-corrected chi connectivity index (χ3v) is 1.63. The van der Waals surface area contributed by atoms with Crippen LogP contribution in [0.5, 0.6) is 0 Å². The van der Waals surface area contributed by atoms with E-state index in [-0.39, 0.29) is 0 Å². The first-order chi connectivity index (χ1) is 7.18. The average molecular weight is 209 g/mol. The molecule has 0 saturated carbocycles. The molecule has 1 heterocycles. The molecule has 0 bridgehead atoms. The van der Waals surface area contributed by atoms with E-state index in [1.165, 1.54) is 0 Å². The molecule has 5 nitrogen and oxygen atoms in total. The number of carboxylic acids is 1. The quantitative estimate of drug-likeness (QED) is 0.695. The topological polar surface area (TPSA) is 79.5 Å². The van der Waals surface area contributed by atoms with Crippen LogP contribution >= 0.6 is 0 Å². The Morgan fingerprint density at radius 2 is 2.27 bits per heavy atom. The summed E-state index contributed by atoms with van der Waals surface area (Å²) in [7, 11) is 0. The lowest BCUT2D eigenvalue weighted by Gasteiger charge is -1.98. The van der Waals surface area contributed by atoms with Gasteiger partial charge in [0.2, 0.25) is 5.91 Å². The first-order valence-corrected chi connectivity index (χ1v) is 4.39. The molecule has 0 aliphatic carbocycles. The number of carbonyl (C=O) groups is 2. The molecule has 1 amide bonds. The maximum atomic E-state index is 11.0. The Bertz CT molecular complexity index is 354. The number of carboxylic acid groups (broad SMARTS) is 1. The number of aliphatic carboxylic acids is 1. The van der Waals surface area contributed by atoms with Gasteiger partial charge in [-0.1, -0.05) is 0 Å². The summed E-state index contributed by atoms with van der Waals surface area (Å²) in [6.45, 7) is 0.413. The van der Waals surface area contributed by atoms with E-state index in [4.69, 9.17) is 9.52 Å². The molecule has 15 heavy (non-hydrogen) atoms. The fraction of sp³-hybridized carbons (Fsp3) is 0.200. The van der Waals surface area contributed by atoms with Crippen LogP contribution in [0.4, 0.5) is 0 Å². The van der Waals surface area contributed by atoms with Crippen molar-refractivity contribution in [2.24, 2.45) is 0 Å². The van der Waals surface area contributed by atoms with Crippen molar-refractivity contribution < 1.29 is 19.1 Å². The van der Waals surface area contributed by atoms with Gasteiger partial charge in [0.05, 0.1) is 6.26 Å². The summed E-state index contributed by atoms with van der Waals surface area (Å²) in [4.78, 5) is 21.1. The molecule has 1 aromatic rings. The lowest BCUT2D eigenvalue weighted by atomic mass is 10.3. The second-order valence-electron chi connectivity index (χ2n) is 2.79. The van der Waals surface area contributed by atoms with Crippen molar-refractivity contribution in [1.82, 2.24) is 5.32 Å². The Labute approximate surface area is 86.4 Å². The third kappa shape index (κ3) is 4.66. The van der Waals surface area contributed by atoms with Crippen molar-refractivity contribution in [3.8, 4) is 0 Å². The van der Waals surface area contributed by atoms with Gasteiger partial charge < -0.3 is 14.8 Å². The summed E-state index contributed by atoms with van der Waals surface area (Å²) in [6, 6.07) is 3.57. The summed E-state index contributed by atoms with van der Waals surface area (Å²) in [6.07, 6.45) is 3.91. The van der Waals surface area contributed by atoms with Crippen LogP contribution in [-0.4, -0.2) is 23.5 Å². The summed E-state index contributed by atoms with van der Waals surface area (Å²) in [5.74, 6) is -0.794. The molecule has 2 N–H and O–H groups in total. The maximum Gasteiger partial charge on any atom is 0.328 e. The monoisotopic (exact) mass is 209 g/mol. The molecule has 0 aliphatic rings. The number of amides is 1. The van der Waals surface area contributed by atoms with Crippen molar-refractivity contribution in [2.75, 3.05) is 6.54 Å². The highest BCUT2D eigenvalue weighted by Gasteiger charge is 1.98. The molecule has 1 rings (SSSR count). The zero-order valence-corrected chi connectivity index (χ0v) is 7.97. The highest BCUT2D eigenvalue weighted by molar-refractivity contribution is 5.93. The second kappa shape index (κ2) is 5.64. The van der Waals surface area contributed by atoms with Gasteiger partial charge in [-0.2, -0.15) is 0 Å². The second-order valence-corrected chi connectivity index (χ2v) is 2.79. The minimum atomic E-state index is -1.14. The van der Waals surface area contributed by atoms with Gasteiger partial charge in [-0.25, -0.2) is 4.79 Å². The van der Waals surface area contributed by atoms with Crippen LogP contribution in [0.3, 0.4) is 0 Å². The fourth-order valence-electron chi connectivity index (χ4n) is 0.970. The van der Waals surface area contributed by atoms with Gasteiger partial charge in [-0.05, 0) is 12.1 Å². The Kier molecular flexibility index (Phi) is 4.15. The SMILES string of the molecule is O=C(O)C=CC(=O)NCCc1ccco1. The highest BCUT2D eigenvalue weighted by Crippen LogP contribution is 1.99. The Balaban J connectivity index is 2.20. The Morgan fingerprint density at radius 3 is 2.87 bits per heavy atom. The Hall–Kier alpha value is -2.04. The lowest BCUT2D eigenvalue weighted by Crippen LogP contribution is -2.23. The first kappa shape index (κ1) is 11.0. The van der Waals surface area contributed by atoms with Crippen LogP contribution in [-0.2, 0) is 16.0 Å². The number of hydrogen-bond acceptors (Lipinski definition) is 3. The Morgan fingerprint density at radius 1 is 1.47 bits per heavy atom. The van der Waals surface area contributed by atoms with E-state index in [1.54, 1.807) is 18.4 Å². The van der Waals surface area contributed by atoms with Crippen molar-refractivity contribution in [1.29, 1.82) is 0 Å². The van der Waals surface area contributed by atoms with Crippen molar-refractivity contribution in [3.63, 3.8) is 0 Å². The van der Waals surface area contributed by atoms with E-state index in [0.717, 1.165) is 17.9 Å². The first-order valence-electron chi connectivity index (χ1n) is 4.39. The van der Waals surface area contributed by atoms with Crippen LogP contribution in [0.1, 0.15) is 5.76 Å². The molecule has 5 heteroatoms. The number of hydrogen-bond donors (Lipinski definition) is 2. The largest absolute Gasteiger partial charge is 0.478 e. The van der Waals surface area contributed by atoms with Crippen LogP contribution in [0.25, 0.3) is 0 Å². The fourth-order valence-corrected chi connectivity index (χ4v) is 0.970. The minimum Gasteiger partial charge on any atom is -0.478 e. The van der Waals surface area contributed by atoms with E-state index in [0.29, 0.717) is 13.0 Å². The maximum absolute atomic E-state index is 11.0. The zero-order valence-electron chi connectivity index (χ0n) is 7.97. The number of rotatable bonds is 5. The van der Waals surface area contributed by atoms with E-state index in [2.05, 4.69) is 5.32 Å². The van der Waals surface area contributed by atoms with Crippen LogP contribution in [0, 0.1) is 0 Å². The van der Waals surface area contributed by atoms with E-state index in [1.807, 2.05) is 0 Å². The van der Waals surface area contributed by atoms with Gasteiger partial charge in [0.25, 0.3) is 0 Å². The molecule has 80 valence electrons. The third-order valence-electron chi connectivity index (χ3n) is 1.63. The summed E-state index contributed by atoms with van der Waals surface area (Å²) in [5, 5.41) is 10.8. The highest BCUT2D eigenvalue weighted by atomic mass is 16.4. The van der Waals surface area contributed by atoms with Gasteiger partial charge in [0.1, 0.15) is 5.76 Å². The summed E-state index contributed by atoms with van der Waals surface area (Å²) >= 11 is 0. The number of carbonyl (C=O) groups excluding carboxylic acids is 1. The smallest absolute Gasteiger partial charge is 0.328 e. The van der Waals surface area contributed by atoms with Crippen LogP contribution < -0.4 is 5.32 Å². The molecule has 0 spiro atoms.